The third kappa shape index (κ3) is 5.19. The fourth-order valence-corrected chi connectivity index (χ4v) is 4.07. The van der Waals surface area contributed by atoms with Gasteiger partial charge in [-0.05, 0) is 38.5 Å². The fourth-order valence-electron chi connectivity index (χ4n) is 3.27. The molecule has 1 unspecified atom stereocenters. The maximum Gasteiger partial charge on any atom is 0.230 e. The van der Waals surface area contributed by atoms with Gasteiger partial charge in [-0.15, -0.1) is 11.8 Å². The minimum absolute atomic E-state index is 0.0524. The summed E-state index contributed by atoms with van der Waals surface area (Å²) in [6.45, 7) is 6.16. The minimum Gasteiger partial charge on any atom is -0.497 e. The van der Waals surface area contributed by atoms with Crippen LogP contribution < -0.4 is 14.8 Å². The molecule has 0 aromatic heterocycles. The predicted octanol–water partition coefficient (Wildman–Crippen LogP) is 4.66. The van der Waals surface area contributed by atoms with Crippen molar-refractivity contribution in [2.24, 2.45) is 0 Å². The molecule has 3 rings (SSSR count). The molecule has 2 aromatic carbocycles. The number of hydrogen-bond acceptors (Lipinski definition) is 4. The van der Waals surface area contributed by atoms with Gasteiger partial charge < -0.3 is 14.8 Å². The number of methoxy groups -OCH3 is 1. The Labute approximate surface area is 165 Å². The lowest BCUT2D eigenvalue weighted by Crippen LogP contribution is -2.41. The van der Waals surface area contributed by atoms with Crippen molar-refractivity contribution in [3.63, 3.8) is 0 Å². The van der Waals surface area contributed by atoms with E-state index >= 15 is 0 Å². The molecule has 1 atom stereocenters. The van der Waals surface area contributed by atoms with Gasteiger partial charge >= 0.3 is 0 Å². The van der Waals surface area contributed by atoms with Crippen molar-refractivity contribution >= 4 is 17.7 Å². The number of carbonyl (C=O) groups excluding carboxylic acids is 1. The van der Waals surface area contributed by atoms with E-state index in [1.165, 1.54) is 11.1 Å². The van der Waals surface area contributed by atoms with Crippen LogP contribution in [0.2, 0.25) is 0 Å². The van der Waals surface area contributed by atoms with Gasteiger partial charge in [-0.3, -0.25) is 4.79 Å². The Morgan fingerprint density at radius 3 is 2.70 bits per heavy atom. The number of nitrogens with one attached hydrogen (secondary N) is 1. The van der Waals surface area contributed by atoms with Gasteiger partial charge in [0.05, 0.1) is 18.9 Å². The van der Waals surface area contributed by atoms with E-state index in [2.05, 4.69) is 36.5 Å². The summed E-state index contributed by atoms with van der Waals surface area (Å²) < 4.78 is 11.4. The van der Waals surface area contributed by atoms with Crippen LogP contribution in [0.5, 0.6) is 11.5 Å². The molecule has 5 heteroatoms. The van der Waals surface area contributed by atoms with E-state index in [0.717, 1.165) is 29.2 Å². The first kappa shape index (κ1) is 19.6. The van der Waals surface area contributed by atoms with Gasteiger partial charge in [-0.2, -0.15) is 0 Å². The van der Waals surface area contributed by atoms with Gasteiger partial charge in [0.15, 0.2) is 0 Å². The van der Waals surface area contributed by atoms with E-state index < -0.39 is 0 Å². The van der Waals surface area contributed by atoms with Crippen molar-refractivity contribution in [3.05, 3.63) is 59.2 Å². The van der Waals surface area contributed by atoms with Crippen LogP contribution in [0.15, 0.2) is 42.5 Å². The average Bonchev–Trinajstić information content (AvgIpc) is 2.62. The number of ether oxygens (including phenoxy) is 2. The highest BCUT2D eigenvalue weighted by molar-refractivity contribution is 7.99. The second-order valence-corrected chi connectivity index (χ2v) is 8.55. The van der Waals surface area contributed by atoms with Crippen LogP contribution in [0.1, 0.15) is 43.0 Å². The van der Waals surface area contributed by atoms with Crippen molar-refractivity contribution in [2.75, 3.05) is 12.9 Å². The van der Waals surface area contributed by atoms with Crippen molar-refractivity contribution in [1.29, 1.82) is 0 Å². The van der Waals surface area contributed by atoms with Crippen molar-refractivity contribution in [1.82, 2.24) is 5.32 Å². The Kier molecular flexibility index (Phi) is 6.00. The summed E-state index contributed by atoms with van der Waals surface area (Å²) in [6.07, 6.45) is 0.737. The van der Waals surface area contributed by atoms with E-state index in [1.807, 2.05) is 32.0 Å². The van der Waals surface area contributed by atoms with Gasteiger partial charge in [0.1, 0.15) is 17.1 Å². The molecule has 1 amide bonds. The summed E-state index contributed by atoms with van der Waals surface area (Å²) >= 11 is 1.63. The molecular weight excluding hydrogens is 358 g/mol. The Morgan fingerprint density at radius 1 is 1.26 bits per heavy atom. The lowest BCUT2D eigenvalue weighted by Gasteiger charge is -2.38. The second-order valence-electron chi connectivity index (χ2n) is 7.57. The van der Waals surface area contributed by atoms with E-state index in [4.69, 9.17) is 9.47 Å². The smallest absolute Gasteiger partial charge is 0.230 e. The molecule has 0 radical (unpaired) electrons. The van der Waals surface area contributed by atoms with E-state index in [1.54, 1.807) is 18.9 Å². The third-order valence-electron chi connectivity index (χ3n) is 4.64. The zero-order valence-electron chi connectivity index (χ0n) is 16.4. The van der Waals surface area contributed by atoms with Crippen molar-refractivity contribution in [3.8, 4) is 11.5 Å². The zero-order chi connectivity index (χ0) is 19.4. The SMILES string of the molecule is COc1ccc2c(c1)OC(C)(C)CC2NC(=O)CSCc1ccc(C)cc1. The number of carbonyl (C=O) groups is 1. The lowest BCUT2D eigenvalue weighted by atomic mass is 9.89. The Hall–Kier alpha value is -2.14. The first-order valence-corrected chi connectivity index (χ1v) is 10.3. The number of aryl methyl sites for hydroxylation is 1. The monoisotopic (exact) mass is 385 g/mol. The van der Waals surface area contributed by atoms with E-state index in [9.17, 15) is 4.79 Å². The normalized spacial score (nSPS) is 17.6. The molecule has 27 heavy (non-hydrogen) atoms. The molecule has 4 nitrogen and oxygen atoms in total. The topological polar surface area (TPSA) is 47.6 Å². The highest BCUT2D eigenvalue weighted by Crippen LogP contribution is 2.41. The Bertz CT molecular complexity index is 802. The summed E-state index contributed by atoms with van der Waals surface area (Å²) in [5, 5.41) is 3.18. The molecular formula is C22H27NO3S. The van der Waals surface area contributed by atoms with Crippen LogP contribution in [-0.4, -0.2) is 24.4 Å². The largest absolute Gasteiger partial charge is 0.497 e. The summed E-state index contributed by atoms with van der Waals surface area (Å²) in [5.74, 6) is 2.86. The molecule has 0 fully saturated rings. The summed E-state index contributed by atoms with van der Waals surface area (Å²) in [4.78, 5) is 12.5. The highest BCUT2D eigenvalue weighted by atomic mass is 32.2. The summed E-state index contributed by atoms with van der Waals surface area (Å²) in [5.41, 5.74) is 3.15. The number of amides is 1. The Balaban J connectivity index is 1.60. The van der Waals surface area contributed by atoms with E-state index in [-0.39, 0.29) is 17.6 Å². The second kappa shape index (κ2) is 8.26. The maximum atomic E-state index is 12.5. The molecule has 0 saturated heterocycles. The predicted molar refractivity (Wildman–Crippen MR) is 111 cm³/mol. The molecule has 0 bridgehead atoms. The van der Waals surface area contributed by atoms with Gasteiger partial charge in [0, 0.05) is 23.8 Å². The molecule has 1 N–H and O–H groups in total. The van der Waals surface area contributed by atoms with Crippen molar-refractivity contribution < 1.29 is 14.3 Å². The van der Waals surface area contributed by atoms with Crippen LogP contribution >= 0.6 is 11.8 Å². The molecule has 0 spiro atoms. The minimum atomic E-state index is -0.341. The van der Waals surface area contributed by atoms with Gasteiger partial charge in [0.25, 0.3) is 0 Å². The molecule has 2 aromatic rings. The van der Waals surface area contributed by atoms with Crippen LogP contribution in [0.3, 0.4) is 0 Å². The average molecular weight is 386 g/mol. The van der Waals surface area contributed by atoms with Crippen LogP contribution in [0, 0.1) is 6.92 Å². The fraction of sp³-hybridized carbons (Fsp3) is 0.409. The van der Waals surface area contributed by atoms with Crippen LogP contribution in [0.25, 0.3) is 0 Å². The van der Waals surface area contributed by atoms with Crippen LogP contribution in [-0.2, 0) is 10.5 Å². The number of fused-ring (bicyclic) bond motifs is 1. The number of hydrogen-bond donors (Lipinski definition) is 1. The lowest BCUT2D eigenvalue weighted by molar-refractivity contribution is -0.119. The Morgan fingerprint density at radius 2 is 2.00 bits per heavy atom. The molecule has 0 aliphatic carbocycles. The standard InChI is InChI=1S/C22H27NO3S/c1-15-5-7-16(8-6-15)13-27-14-21(24)23-19-12-22(2,3)26-20-11-17(25-4)9-10-18(19)20/h5-11,19H,12-14H2,1-4H3,(H,23,24). The van der Waals surface area contributed by atoms with E-state index in [0.29, 0.717) is 5.75 Å². The van der Waals surface area contributed by atoms with Crippen molar-refractivity contribution in [2.45, 2.75) is 44.6 Å². The first-order valence-electron chi connectivity index (χ1n) is 9.16. The maximum absolute atomic E-state index is 12.5. The summed E-state index contributed by atoms with van der Waals surface area (Å²) in [6, 6.07) is 14.2. The first-order chi connectivity index (χ1) is 12.9. The van der Waals surface area contributed by atoms with Gasteiger partial charge in [-0.1, -0.05) is 29.8 Å². The van der Waals surface area contributed by atoms with Gasteiger partial charge in [-0.25, -0.2) is 0 Å². The van der Waals surface area contributed by atoms with Crippen LogP contribution in [0.4, 0.5) is 0 Å². The highest BCUT2D eigenvalue weighted by Gasteiger charge is 2.34. The quantitative estimate of drug-likeness (QED) is 0.786. The number of benzene rings is 2. The van der Waals surface area contributed by atoms with Gasteiger partial charge in [0.2, 0.25) is 5.91 Å². The molecule has 1 heterocycles. The zero-order valence-corrected chi connectivity index (χ0v) is 17.2. The molecule has 1 aliphatic heterocycles. The number of thioether (sulfide) groups is 1. The molecule has 1 aliphatic rings. The summed E-state index contributed by atoms with van der Waals surface area (Å²) in [7, 11) is 1.64. The molecule has 144 valence electrons. The molecule has 0 saturated carbocycles. The number of rotatable bonds is 6. The third-order valence-corrected chi connectivity index (χ3v) is 5.64.